The largest absolute Gasteiger partial charge is 0.314 e. The highest BCUT2D eigenvalue weighted by atomic mass is 16.1. The van der Waals surface area contributed by atoms with E-state index in [-0.39, 0.29) is 11.1 Å². The van der Waals surface area contributed by atoms with Gasteiger partial charge in [0.2, 0.25) is 0 Å². The summed E-state index contributed by atoms with van der Waals surface area (Å²) in [5, 5.41) is 3.81. The summed E-state index contributed by atoms with van der Waals surface area (Å²) >= 11 is 0. The Morgan fingerprint density at radius 1 is 1.19 bits per heavy atom. The van der Waals surface area contributed by atoms with Gasteiger partial charge < -0.3 is 9.88 Å². The third-order valence-electron chi connectivity index (χ3n) is 5.32. The van der Waals surface area contributed by atoms with Crippen LogP contribution in [-0.4, -0.2) is 40.2 Å². The molecule has 0 bridgehead atoms. The second kappa shape index (κ2) is 5.58. The summed E-state index contributed by atoms with van der Waals surface area (Å²) in [6.45, 7) is 8.48. The van der Waals surface area contributed by atoms with E-state index in [1.165, 1.54) is 25.7 Å². The van der Waals surface area contributed by atoms with Crippen LogP contribution in [0.2, 0.25) is 0 Å². The quantitative estimate of drug-likeness (QED) is 0.922. The monoisotopic (exact) mass is 289 g/mol. The third-order valence-corrected chi connectivity index (χ3v) is 5.32. The normalized spacial score (nSPS) is 24.5. The first-order chi connectivity index (χ1) is 10.0. The summed E-state index contributed by atoms with van der Waals surface area (Å²) in [7, 11) is 0. The molecule has 2 aliphatic rings. The SMILES string of the molecule is CC1(C)CNC2(CCCC2)CN1CCn1ccccc1=O. The average Bonchev–Trinajstić information content (AvgIpc) is 2.91. The summed E-state index contributed by atoms with van der Waals surface area (Å²) in [5.74, 6) is 0. The second-order valence-electron chi connectivity index (χ2n) is 7.31. The minimum atomic E-state index is 0.0982. The van der Waals surface area contributed by atoms with Gasteiger partial charge in [0.15, 0.2) is 0 Å². The lowest BCUT2D eigenvalue weighted by Gasteiger charge is -2.51. The van der Waals surface area contributed by atoms with Crippen LogP contribution in [0.3, 0.4) is 0 Å². The van der Waals surface area contributed by atoms with Crippen molar-refractivity contribution in [3.8, 4) is 0 Å². The van der Waals surface area contributed by atoms with E-state index in [1.807, 2.05) is 16.8 Å². The molecule has 0 atom stereocenters. The Labute approximate surface area is 127 Å². The van der Waals surface area contributed by atoms with Crippen LogP contribution < -0.4 is 10.9 Å². The zero-order valence-corrected chi connectivity index (χ0v) is 13.3. The molecule has 0 radical (unpaired) electrons. The van der Waals surface area contributed by atoms with Crippen molar-refractivity contribution in [2.24, 2.45) is 0 Å². The molecule has 1 spiro atoms. The maximum atomic E-state index is 11.8. The lowest BCUT2D eigenvalue weighted by molar-refractivity contribution is 0.0256. The number of nitrogens with one attached hydrogen (secondary N) is 1. The van der Waals surface area contributed by atoms with Crippen LogP contribution in [0.25, 0.3) is 0 Å². The Hall–Kier alpha value is -1.13. The molecule has 2 heterocycles. The first kappa shape index (κ1) is 14.8. The Balaban J connectivity index is 1.69. The van der Waals surface area contributed by atoms with Gasteiger partial charge >= 0.3 is 0 Å². The summed E-state index contributed by atoms with van der Waals surface area (Å²) in [6, 6.07) is 5.38. The van der Waals surface area contributed by atoms with Crippen LogP contribution in [-0.2, 0) is 6.54 Å². The van der Waals surface area contributed by atoms with Gasteiger partial charge in [-0.2, -0.15) is 0 Å². The number of pyridine rings is 1. The molecule has 0 amide bonds. The lowest BCUT2D eigenvalue weighted by Crippen LogP contribution is -2.67. The van der Waals surface area contributed by atoms with Crippen molar-refractivity contribution in [2.75, 3.05) is 19.6 Å². The predicted octanol–water partition coefficient (Wildman–Crippen LogP) is 1.84. The highest BCUT2D eigenvalue weighted by Crippen LogP contribution is 2.35. The molecule has 1 saturated carbocycles. The molecule has 1 aliphatic carbocycles. The van der Waals surface area contributed by atoms with Crippen molar-refractivity contribution in [3.05, 3.63) is 34.7 Å². The topological polar surface area (TPSA) is 37.3 Å². The zero-order valence-electron chi connectivity index (χ0n) is 13.3. The van der Waals surface area contributed by atoms with Crippen molar-refractivity contribution in [2.45, 2.75) is 57.2 Å². The highest BCUT2D eigenvalue weighted by molar-refractivity contribution is 5.04. The summed E-state index contributed by atoms with van der Waals surface area (Å²) < 4.78 is 1.82. The van der Waals surface area contributed by atoms with Gasteiger partial charge in [-0.1, -0.05) is 18.9 Å². The van der Waals surface area contributed by atoms with Crippen LogP contribution in [0.5, 0.6) is 0 Å². The highest BCUT2D eigenvalue weighted by Gasteiger charge is 2.43. The van der Waals surface area contributed by atoms with E-state index in [0.29, 0.717) is 5.54 Å². The fraction of sp³-hybridized carbons (Fsp3) is 0.706. The first-order valence-electron chi connectivity index (χ1n) is 8.16. The molecule has 1 aliphatic heterocycles. The van der Waals surface area contributed by atoms with E-state index in [2.05, 4.69) is 24.1 Å². The number of hydrogen-bond donors (Lipinski definition) is 1. The molecule has 3 rings (SSSR count). The average molecular weight is 289 g/mol. The first-order valence-corrected chi connectivity index (χ1v) is 8.16. The van der Waals surface area contributed by atoms with E-state index in [1.54, 1.807) is 12.1 Å². The number of hydrogen-bond acceptors (Lipinski definition) is 3. The van der Waals surface area contributed by atoms with Gasteiger partial charge in [0, 0.05) is 49.5 Å². The van der Waals surface area contributed by atoms with E-state index < -0.39 is 0 Å². The molecule has 1 aromatic heterocycles. The molecule has 1 aromatic rings. The minimum absolute atomic E-state index is 0.0982. The van der Waals surface area contributed by atoms with E-state index in [4.69, 9.17) is 0 Å². The fourth-order valence-electron chi connectivity index (χ4n) is 3.79. The van der Waals surface area contributed by atoms with Crippen molar-refractivity contribution in [1.82, 2.24) is 14.8 Å². The minimum Gasteiger partial charge on any atom is -0.314 e. The van der Waals surface area contributed by atoms with Crippen LogP contribution in [0.15, 0.2) is 29.2 Å². The summed E-state index contributed by atoms with van der Waals surface area (Å²) in [5.41, 5.74) is 0.588. The van der Waals surface area contributed by atoms with Crippen LogP contribution in [0, 0.1) is 0 Å². The molecule has 4 nitrogen and oxygen atoms in total. The van der Waals surface area contributed by atoms with Gasteiger partial charge in [-0.3, -0.25) is 9.69 Å². The third kappa shape index (κ3) is 3.06. The standard InChI is InChI=1S/C17H27N3O/c1-16(2)13-18-17(8-4-5-9-17)14-20(16)12-11-19-10-6-3-7-15(19)21/h3,6-7,10,18H,4-5,8-9,11-14H2,1-2H3. The predicted molar refractivity (Wildman–Crippen MR) is 85.6 cm³/mol. The van der Waals surface area contributed by atoms with Crippen molar-refractivity contribution in [3.63, 3.8) is 0 Å². The maximum absolute atomic E-state index is 11.8. The molecular weight excluding hydrogens is 262 g/mol. The van der Waals surface area contributed by atoms with E-state index >= 15 is 0 Å². The van der Waals surface area contributed by atoms with Gasteiger partial charge in [-0.05, 0) is 32.8 Å². The number of piperazine rings is 1. The van der Waals surface area contributed by atoms with E-state index in [0.717, 1.165) is 26.2 Å². The Morgan fingerprint density at radius 2 is 1.95 bits per heavy atom. The lowest BCUT2D eigenvalue weighted by atomic mass is 9.87. The van der Waals surface area contributed by atoms with Gasteiger partial charge in [-0.15, -0.1) is 0 Å². The van der Waals surface area contributed by atoms with Gasteiger partial charge in [0.05, 0.1) is 0 Å². The van der Waals surface area contributed by atoms with Gasteiger partial charge in [0.25, 0.3) is 5.56 Å². The van der Waals surface area contributed by atoms with Crippen molar-refractivity contribution >= 4 is 0 Å². The number of aromatic nitrogens is 1. The van der Waals surface area contributed by atoms with Crippen molar-refractivity contribution in [1.29, 1.82) is 0 Å². The van der Waals surface area contributed by atoms with Crippen LogP contribution >= 0.6 is 0 Å². The van der Waals surface area contributed by atoms with Crippen LogP contribution in [0.1, 0.15) is 39.5 Å². The molecule has 2 fully saturated rings. The molecular formula is C17H27N3O. The molecule has 21 heavy (non-hydrogen) atoms. The number of nitrogens with zero attached hydrogens (tertiary/aromatic N) is 2. The summed E-state index contributed by atoms with van der Waals surface area (Å²) in [4.78, 5) is 14.4. The molecule has 0 aromatic carbocycles. The van der Waals surface area contributed by atoms with Crippen molar-refractivity contribution < 1.29 is 0 Å². The summed E-state index contributed by atoms with van der Waals surface area (Å²) in [6.07, 6.45) is 7.18. The van der Waals surface area contributed by atoms with Crippen LogP contribution in [0.4, 0.5) is 0 Å². The Bertz CT molecular complexity index is 543. The van der Waals surface area contributed by atoms with Gasteiger partial charge in [0.1, 0.15) is 0 Å². The molecule has 1 saturated heterocycles. The Kier molecular flexibility index (Phi) is 3.93. The molecule has 116 valence electrons. The fourth-order valence-corrected chi connectivity index (χ4v) is 3.79. The molecule has 1 N–H and O–H groups in total. The molecule has 4 heteroatoms. The second-order valence-corrected chi connectivity index (χ2v) is 7.31. The molecule has 0 unspecified atom stereocenters. The zero-order chi connectivity index (χ0) is 14.9. The number of rotatable bonds is 3. The van der Waals surface area contributed by atoms with Gasteiger partial charge in [-0.25, -0.2) is 0 Å². The van der Waals surface area contributed by atoms with E-state index in [9.17, 15) is 4.79 Å². The Morgan fingerprint density at radius 3 is 2.67 bits per heavy atom. The maximum Gasteiger partial charge on any atom is 0.250 e. The smallest absolute Gasteiger partial charge is 0.250 e.